The highest BCUT2D eigenvalue weighted by molar-refractivity contribution is 5.80. The van der Waals surface area contributed by atoms with Crippen LogP contribution >= 0.6 is 0 Å². The molecule has 1 aliphatic carbocycles. The number of hydrogen-bond acceptors (Lipinski definition) is 3. The summed E-state index contributed by atoms with van der Waals surface area (Å²) in [6.07, 6.45) is 7.31. The Hall–Kier alpha value is -1.91. The zero-order chi connectivity index (χ0) is 17.2. The largest absolute Gasteiger partial charge is 0.497 e. The van der Waals surface area contributed by atoms with Crippen LogP contribution < -0.4 is 20.1 Å². The predicted molar refractivity (Wildman–Crippen MR) is 99.2 cm³/mol. The van der Waals surface area contributed by atoms with Crippen LogP contribution in [0, 0.1) is 0 Å². The van der Waals surface area contributed by atoms with Gasteiger partial charge in [-0.3, -0.25) is 4.99 Å². The number of rotatable bonds is 7. The van der Waals surface area contributed by atoms with Crippen LogP contribution in [0.3, 0.4) is 0 Å². The molecule has 0 saturated heterocycles. The van der Waals surface area contributed by atoms with Gasteiger partial charge in [-0.05, 0) is 49.9 Å². The summed E-state index contributed by atoms with van der Waals surface area (Å²) in [5.41, 5.74) is 1.12. The molecule has 5 heteroatoms. The first-order chi connectivity index (χ1) is 11.8. The number of aliphatic imine (C=N–C) groups is 1. The minimum absolute atomic E-state index is 0.558. The lowest BCUT2D eigenvalue weighted by atomic mass is 9.96. The SMILES string of the molecule is CCNC(=NCCc1cc(OC)ccc1OC)NC1CCCCC1. The fraction of sp³-hybridized carbons (Fsp3) is 0.632. The summed E-state index contributed by atoms with van der Waals surface area (Å²) in [6, 6.07) is 6.45. The summed E-state index contributed by atoms with van der Waals surface area (Å²) in [7, 11) is 3.38. The summed E-state index contributed by atoms with van der Waals surface area (Å²) in [5, 5.41) is 6.93. The second kappa shape index (κ2) is 10.1. The maximum atomic E-state index is 5.44. The van der Waals surface area contributed by atoms with Gasteiger partial charge in [-0.1, -0.05) is 19.3 Å². The third-order valence-electron chi connectivity index (χ3n) is 4.43. The first kappa shape index (κ1) is 18.4. The van der Waals surface area contributed by atoms with Crippen molar-refractivity contribution in [1.29, 1.82) is 0 Å². The Kier molecular flexibility index (Phi) is 7.72. The average Bonchev–Trinajstić information content (AvgIpc) is 2.62. The molecule has 1 aromatic carbocycles. The maximum absolute atomic E-state index is 5.44. The van der Waals surface area contributed by atoms with Gasteiger partial charge in [0.2, 0.25) is 0 Å². The van der Waals surface area contributed by atoms with Gasteiger partial charge in [-0.25, -0.2) is 0 Å². The molecule has 1 aromatic rings. The van der Waals surface area contributed by atoms with Crippen LogP contribution in [0.15, 0.2) is 23.2 Å². The molecular formula is C19H31N3O2. The molecule has 1 aliphatic rings. The molecule has 134 valence electrons. The highest BCUT2D eigenvalue weighted by Gasteiger charge is 2.14. The molecule has 0 bridgehead atoms. The highest BCUT2D eigenvalue weighted by atomic mass is 16.5. The fourth-order valence-electron chi connectivity index (χ4n) is 3.13. The molecule has 1 fully saturated rings. The standard InChI is InChI=1S/C19H31N3O2/c1-4-20-19(22-16-8-6-5-7-9-16)21-13-12-15-14-17(23-2)10-11-18(15)24-3/h10-11,14,16H,4-9,12-13H2,1-3H3,(H2,20,21,22). The number of guanidine groups is 1. The van der Waals surface area contributed by atoms with Crippen molar-refractivity contribution in [2.24, 2.45) is 4.99 Å². The average molecular weight is 333 g/mol. The van der Waals surface area contributed by atoms with Gasteiger partial charge in [-0.2, -0.15) is 0 Å². The highest BCUT2D eigenvalue weighted by Crippen LogP contribution is 2.24. The Balaban J connectivity index is 1.95. The normalized spacial score (nSPS) is 15.9. The third-order valence-corrected chi connectivity index (χ3v) is 4.43. The molecule has 0 aromatic heterocycles. The van der Waals surface area contributed by atoms with Gasteiger partial charge < -0.3 is 20.1 Å². The minimum Gasteiger partial charge on any atom is -0.497 e. The number of nitrogens with one attached hydrogen (secondary N) is 2. The van der Waals surface area contributed by atoms with E-state index in [2.05, 4.69) is 17.6 Å². The van der Waals surface area contributed by atoms with Gasteiger partial charge >= 0.3 is 0 Å². The topological polar surface area (TPSA) is 54.9 Å². The summed E-state index contributed by atoms with van der Waals surface area (Å²) < 4.78 is 10.7. The lowest BCUT2D eigenvalue weighted by Gasteiger charge is -2.24. The van der Waals surface area contributed by atoms with E-state index in [9.17, 15) is 0 Å². The molecule has 0 aliphatic heterocycles. The fourth-order valence-corrected chi connectivity index (χ4v) is 3.13. The summed E-state index contributed by atoms with van der Waals surface area (Å²) in [4.78, 5) is 4.73. The quantitative estimate of drug-likeness (QED) is 0.594. The predicted octanol–water partition coefficient (Wildman–Crippen LogP) is 3.13. The molecule has 5 nitrogen and oxygen atoms in total. The van der Waals surface area contributed by atoms with Crippen LogP contribution in [-0.4, -0.2) is 39.3 Å². The summed E-state index contributed by atoms with van der Waals surface area (Å²) in [5.74, 6) is 2.66. The van der Waals surface area contributed by atoms with E-state index in [1.165, 1.54) is 32.1 Å². The number of methoxy groups -OCH3 is 2. The van der Waals surface area contributed by atoms with E-state index in [0.29, 0.717) is 12.6 Å². The molecular weight excluding hydrogens is 302 g/mol. The van der Waals surface area contributed by atoms with E-state index in [0.717, 1.165) is 36.0 Å². The van der Waals surface area contributed by atoms with Crippen molar-refractivity contribution < 1.29 is 9.47 Å². The van der Waals surface area contributed by atoms with E-state index in [1.54, 1.807) is 14.2 Å². The van der Waals surface area contributed by atoms with Crippen molar-refractivity contribution in [3.05, 3.63) is 23.8 Å². The lowest BCUT2D eigenvalue weighted by molar-refractivity contribution is 0.398. The Morgan fingerprint density at radius 1 is 1.17 bits per heavy atom. The van der Waals surface area contributed by atoms with Gasteiger partial charge in [0.05, 0.1) is 14.2 Å². The second-order valence-electron chi connectivity index (χ2n) is 6.17. The number of benzene rings is 1. The van der Waals surface area contributed by atoms with E-state index < -0.39 is 0 Å². The molecule has 0 radical (unpaired) electrons. The maximum Gasteiger partial charge on any atom is 0.191 e. The molecule has 0 spiro atoms. The van der Waals surface area contributed by atoms with E-state index >= 15 is 0 Å². The molecule has 2 N–H and O–H groups in total. The number of hydrogen-bond donors (Lipinski definition) is 2. The number of nitrogens with zero attached hydrogens (tertiary/aromatic N) is 1. The van der Waals surface area contributed by atoms with Gasteiger partial charge in [-0.15, -0.1) is 0 Å². The molecule has 24 heavy (non-hydrogen) atoms. The van der Waals surface area contributed by atoms with E-state index in [1.807, 2.05) is 18.2 Å². The van der Waals surface area contributed by atoms with Gasteiger partial charge in [0.15, 0.2) is 5.96 Å². The van der Waals surface area contributed by atoms with Crippen LogP contribution in [0.5, 0.6) is 11.5 Å². The van der Waals surface area contributed by atoms with Crippen LogP contribution in [0.2, 0.25) is 0 Å². The Bertz CT molecular complexity index is 525. The zero-order valence-electron chi connectivity index (χ0n) is 15.2. The van der Waals surface area contributed by atoms with Crippen molar-refractivity contribution in [2.45, 2.75) is 51.5 Å². The molecule has 1 saturated carbocycles. The Morgan fingerprint density at radius 3 is 2.62 bits per heavy atom. The smallest absolute Gasteiger partial charge is 0.191 e. The van der Waals surface area contributed by atoms with Crippen LogP contribution in [0.4, 0.5) is 0 Å². The molecule has 0 atom stereocenters. The van der Waals surface area contributed by atoms with E-state index in [4.69, 9.17) is 14.5 Å². The van der Waals surface area contributed by atoms with Crippen molar-refractivity contribution in [2.75, 3.05) is 27.3 Å². The van der Waals surface area contributed by atoms with Crippen molar-refractivity contribution >= 4 is 5.96 Å². The molecule has 2 rings (SSSR count). The van der Waals surface area contributed by atoms with Gasteiger partial charge in [0.25, 0.3) is 0 Å². The van der Waals surface area contributed by atoms with Gasteiger partial charge in [0.1, 0.15) is 11.5 Å². The third kappa shape index (κ3) is 5.62. The van der Waals surface area contributed by atoms with Gasteiger partial charge in [0, 0.05) is 19.1 Å². The monoisotopic (exact) mass is 333 g/mol. The zero-order valence-corrected chi connectivity index (χ0v) is 15.2. The van der Waals surface area contributed by atoms with Crippen LogP contribution in [0.25, 0.3) is 0 Å². The molecule has 0 heterocycles. The van der Waals surface area contributed by atoms with Crippen molar-refractivity contribution in [3.8, 4) is 11.5 Å². The molecule has 0 unspecified atom stereocenters. The second-order valence-corrected chi connectivity index (χ2v) is 6.17. The molecule has 0 amide bonds. The minimum atomic E-state index is 0.558. The lowest BCUT2D eigenvalue weighted by Crippen LogP contribution is -2.44. The first-order valence-electron chi connectivity index (χ1n) is 9.02. The van der Waals surface area contributed by atoms with Crippen LogP contribution in [-0.2, 0) is 6.42 Å². The first-order valence-corrected chi connectivity index (χ1v) is 9.02. The van der Waals surface area contributed by atoms with Crippen LogP contribution in [0.1, 0.15) is 44.6 Å². The number of ether oxygens (including phenoxy) is 2. The van der Waals surface area contributed by atoms with Crippen molar-refractivity contribution in [3.63, 3.8) is 0 Å². The Labute approximate surface area is 145 Å². The van der Waals surface area contributed by atoms with Crippen molar-refractivity contribution in [1.82, 2.24) is 10.6 Å². The summed E-state index contributed by atoms with van der Waals surface area (Å²) >= 11 is 0. The van der Waals surface area contributed by atoms with E-state index in [-0.39, 0.29) is 0 Å². The Morgan fingerprint density at radius 2 is 1.96 bits per heavy atom. The summed E-state index contributed by atoms with van der Waals surface area (Å²) in [6.45, 7) is 3.69.